The Kier molecular flexibility index (Phi) is 3.74. The molecule has 0 spiro atoms. The number of ether oxygens (including phenoxy) is 2. The molecule has 0 amide bonds. The molecule has 1 unspecified atom stereocenters. The van der Waals surface area contributed by atoms with Crippen LogP contribution in [0, 0.1) is 0 Å². The number of aromatic nitrogens is 2. The predicted octanol–water partition coefficient (Wildman–Crippen LogP) is 2.76. The van der Waals surface area contributed by atoms with Gasteiger partial charge in [0.1, 0.15) is 29.7 Å². The molecule has 1 aromatic carbocycles. The van der Waals surface area contributed by atoms with Crippen molar-refractivity contribution in [3.63, 3.8) is 0 Å². The lowest BCUT2D eigenvalue weighted by molar-refractivity contribution is 0.169. The number of benzene rings is 1. The summed E-state index contributed by atoms with van der Waals surface area (Å²) < 4.78 is 11.9. The number of methoxy groups -OCH3 is 2. The van der Waals surface area contributed by atoms with Crippen LogP contribution in [-0.2, 0) is 6.54 Å². The molecule has 0 saturated heterocycles. The molecular formula is C17H17N3O3S. The Morgan fingerprint density at radius 3 is 2.75 bits per heavy atom. The number of fused-ring (bicyclic) bond motifs is 2. The smallest absolute Gasteiger partial charge is 0.150 e. The van der Waals surface area contributed by atoms with Crippen molar-refractivity contribution < 1.29 is 14.6 Å². The minimum absolute atomic E-state index is 0.445. The third kappa shape index (κ3) is 2.28. The van der Waals surface area contributed by atoms with E-state index in [0.717, 1.165) is 32.9 Å². The first-order valence-electron chi connectivity index (χ1n) is 7.58. The lowest BCUT2D eigenvalue weighted by atomic mass is 9.95. The number of nitrogens with zero attached hydrogens (tertiary/aromatic N) is 3. The van der Waals surface area contributed by atoms with Gasteiger partial charge in [0.15, 0.2) is 0 Å². The number of thiophene rings is 1. The molecule has 0 saturated carbocycles. The van der Waals surface area contributed by atoms with Crippen LogP contribution in [0.15, 0.2) is 29.9 Å². The summed E-state index contributed by atoms with van der Waals surface area (Å²) in [6, 6.07) is 5.68. The number of rotatable bonds is 3. The zero-order valence-corrected chi connectivity index (χ0v) is 14.2. The van der Waals surface area contributed by atoms with E-state index in [-0.39, 0.29) is 0 Å². The van der Waals surface area contributed by atoms with Gasteiger partial charge in [-0.3, -0.25) is 0 Å². The van der Waals surface area contributed by atoms with Crippen molar-refractivity contribution in [1.82, 2.24) is 9.97 Å². The van der Waals surface area contributed by atoms with Gasteiger partial charge in [-0.2, -0.15) is 0 Å². The van der Waals surface area contributed by atoms with Gasteiger partial charge in [-0.1, -0.05) is 0 Å². The molecule has 0 fully saturated rings. The quantitative estimate of drug-likeness (QED) is 0.789. The molecule has 1 aliphatic heterocycles. The molecule has 124 valence electrons. The van der Waals surface area contributed by atoms with Crippen LogP contribution in [0.5, 0.6) is 11.5 Å². The van der Waals surface area contributed by atoms with Crippen LogP contribution in [0.3, 0.4) is 0 Å². The standard InChI is InChI=1S/C17H17N3O3S/c1-22-13-3-4-14(23-2)15-10(13)7-20(8-12(15)21)17-16-11(5-6-24-16)18-9-19-17/h3-6,9,12,21H,7-8H2,1-2H3. The van der Waals surface area contributed by atoms with Crippen molar-refractivity contribution in [2.75, 3.05) is 25.7 Å². The Balaban J connectivity index is 1.83. The second-order valence-corrected chi connectivity index (χ2v) is 6.51. The molecule has 2 aromatic heterocycles. The summed E-state index contributed by atoms with van der Waals surface area (Å²) in [5.74, 6) is 2.26. The van der Waals surface area contributed by atoms with E-state index >= 15 is 0 Å². The van der Waals surface area contributed by atoms with Crippen LogP contribution < -0.4 is 14.4 Å². The molecule has 3 heterocycles. The van der Waals surface area contributed by atoms with Crippen molar-refractivity contribution in [2.24, 2.45) is 0 Å². The van der Waals surface area contributed by atoms with E-state index in [1.165, 1.54) is 0 Å². The van der Waals surface area contributed by atoms with Gasteiger partial charge in [0.2, 0.25) is 0 Å². The molecule has 0 radical (unpaired) electrons. The van der Waals surface area contributed by atoms with E-state index < -0.39 is 6.10 Å². The van der Waals surface area contributed by atoms with Gasteiger partial charge in [-0.05, 0) is 23.6 Å². The van der Waals surface area contributed by atoms with Crippen molar-refractivity contribution in [3.8, 4) is 11.5 Å². The molecular weight excluding hydrogens is 326 g/mol. The predicted molar refractivity (Wildman–Crippen MR) is 93.0 cm³/mol. The van der Waals surface area contributed by atoms with Crippen molar-refractivity contribution in [3.05, 3.63) is 41.0 Å². The highest BCUT2D eigenvalue weighted by atomic mass is 32.1. The molecule has 1 atom stereocenters. The summed E-state index contributed by atoms with van der Waals surface area (Å²) in [5.41, 5.74) is 2.64. The van der Waals surface area contributed by atoms with Crippen LogP contribution in [-0.4, -0.2) is 35.8 Å². The minimum atomic E-state index is -0.677. The largest absolute Gasteiger partial charge is 0.496 e. The molecule has 0 aliphatic carbocycles. The van der Waals surface area contributed by atoms with Crippen LogP contribution in [0.1, 0.15) is 17.2 Å². The number of hydrogen-bond donors (Lipinski definition) is 1. The number of hydrogen-bond acceptors (Lipinski definition) is 7. The summed E-state index contributed by atoms with van der Waals surface area (Å²) in [6.07, 6.45) is 0.888. The first kappa shape index (κ1) is 15.2. The number of β-amino-alcohol motifs (C(OH)–C–C–N with tert-alkyl or cyclic N) is 1. The van der Waals surface area contributed by atoms with E-state index in [1.54, 1.807) is 31.9 Å². The maximum Gasteiger partial charge on any atom is 0.150 e. The summed E-state index contributed by atoms with van der Waals surface area (Å²) in [6.45, 7) is 1.04. The van der Waals surface area contributed by atoms with Crippen LogP contribution in [0.4, 0.5) is 5.82 Å². The van der Waals surface area contributed by atoms with Crippen LogP contribution >= 0.6 is 11.3 Å². The SMILES string of the molecule is COc1ccc(OC)c2c1CN(c1ncnc3ccsc13)CC2O. The molecule has 24 heavy (non-hydrogen) atoms. The Labute approximate surface area is 143 Å². The Bertz CT molecular complexity index is 896. The molecule has 3 aromatic rings. The number of aliphatic hydroxyl groups excluding tert-OH is 1. The number of aliphatic hydroxyl groups is 1. The summed E-state index contributed by atoms with van der Waals surface area (Å²) in [4.78, 5) is 10.8. The van der Waals surface area contributed by atoms with E-state index in [2.05, 4.69) is 14.9 Å². The molecule has 6 nitrogen and oxygen atoms in total. The topological polar surface area (TPSA) is 67.7 Å². The van der Waals surface area contributed by atoms with Gasteiger partial charge in [0, 0.05) is 17.7 Å². The minimum Gasteiger partial charge on any atom is -0.496 e. The Morgan fingerprint density at radius 2 is 1.96 bits per heavy atom. The molecule has 1 aliphatic rings. The lowest BCUT2D eigenvalue weighted by Gasteiger charge is -2.34. The Hall–Kier alpha value is -2.38. The normalized spacial score (nSPS) is 17.0. The molecule has 0 bridgehead atoms. The van der Waals surface area contributed by atoms with E-state index in [4.69, 9.17) is 9.47 Å². The zero-order valence-electron chi connectivity index (χ0n) is 13.4. The number of anilines is 1. The fourth-order valence-corrected chi connectivity index (χ4v) is 4.10. The van der Waals surface area contributed by atoms with Gasteiger partial charge in [0.25, 0.3) is 0 Å². The molecule has 4 rings (SSSR count). The van der Waals surface area contributed by atoms with E-state index in [9.17, 15) is 5.11 Å². The third-order valence-electron chi connectivity index (χ3n) is 4.31. The van der Waals surface area contributed by atoms with Gasteiger partial charge in [0.05, 0.1) is 31.0 Å². The van der Waals surface area contributed by atoms with Gasteiger partial charge >= 0.3 is 0 Å². The highest BCUT2D eigenvalue weighted by Gasteiger charge is 2.31. The van der Waals surface area contributed by atoms with Crippen LogP contribution in [0.25, 0.3) is 10.2 Å². The summed E-state index contributed by atoms with van der Waals surface area (Å²) in [5, 5.41) is 12.7. The van der Waals surface area contributed by atoms with Crippen LogP contribution in [0.2, 0.25) is 0 Å². The highest BCUT2D eigenvalue weighted by molar-refractivity contribution is 7.17. The van der Waals surface area contributed by atoms with E-state index in [1.807, 2.05) is 23.6 Å². The molecule has 1 N–H and O–H groups in total. The zero-order chi connectivity index (χ0) is 16.7. The Morgan fingerprint density at radius 1 is 1.17 bits per heavy atom. The second-order valence-electron chi connectivity index (χ2n) is 5.59. The van der Waals surface area contributed by atoms with Crippen molar-refractivity contribution in [2.45, 2.75) is 12.6 Å². The fourth-order valence-electron chi connectivity index (χ4n) is 3.24. The first-order valence-corrected chi connectivity index (χ1v) is 8.46. The molecule has 7 heteroatoms. The maximum absolute atomic E-state index is 10.7. The monoisotopic (exact) mass is 343 g/mol. The summed E-state index contributed by atoms with van der Waals surface area (Å²) in [7, 11) is 3.25. The van der Waals surface area contributed by atoms with Gasteiger partial charge in [-0.25, -0.2) is 9.97 Å². The third-order valence-corrected chi connectivity index (χ3v) is 5.21. The average molecular weight is 343 g/mol. The highest BCUT2D eigenvalue weighted by Crippen LogP contribution is 2.41. The summed E-state index contributed by atoms with van der Waals surface area (Å²) >= 11 is 1.60. The van der Waals surface area contributed by atoms with Crippen molar-refractivity contribution >= 4 is 27.4 Å². The van der Waals surface area contributed by atoms with Crippen molar-refractivity contribution in [1.29, 1.82) is 0 Å². The average Bonchev–Trinajstić information content (AvgIpc) is 3.09. The first-order chi connectivity index (χ1) is 11.7. The second kappa shape index (κ2) is 5.92. The van der Waals surface area contributed by atoms with Gasteiger partial charge in [-0.15, -0.1) is 11.3 Å². The van der Waals surface area contributed by atoms with Gasteiger partial charge < -0.3 is 19.5 Å². The lowest BCUT2D eigenvalue weighted by Crippen LogP contribution is -2.34. The maximum atomic E-state index is 10.7. The van der Waals surface area contributed by atoms with E-state index in [0.29, 0.717) is 18.8 Å². The fraction of sp³-hybridized carbons (Fsp3) is 0.294.